The van der Waals surface area contributed by atoms with E-state index in [1.165, 1.54) is 24.3 Å². The lowest BCUT2D eigenvalue weighted by Gasteiger charge is -2.14. The van der Waals surface area contributed by atoms with Crippen molar-refractivity contribution in [1.82, 2.24) is 0 Å². The molecule has 0 aliphatic carbocycles. The van der Waals surface area contributed by atoms with Crippen molar-refractivity contribution in [2.75, 3.05) is 6.61 Å². The summed E-state index contributed by atoms with van der Waals surface area (Å²) in [4.78, 5) is 0. The lowest BCUT2D eigenvalue weighted by molar-refractivity contribution is 0.264. The van der Waals surface area contributed by atoms with Gasteiger partial charge in [0.05, 0.1) is 6.61 Å². The van der Waals surface area contributed by atoms with Crippen LogP contribution in [-0.2, 0) is 6.42 Å². The molecule has 2 aromatic carbocycles. The van der Waals surface area contributed by atoms with Crippen LogP contribution in [0.1, 0.15) is 17.0 Å². The molecule has 1 nitrogen and oxygen atoms in total. The summed E-state index contributed by atoms with van der Waals surface area (Å²) in [7, 11) is 0. The Morgan fingerprint density at radius 1 is 0.833 bits per heavy atom. The molecule has 0 saturated carbocycles. The standard InChI is InChI=1S/C15H14F2O/c16-14-5-1-11(2-6-14)9-13(10-18)12-3-7-15(17)8-4-12/h1-8,13,18H,9-10H2. The Balaban J connectivity index is 2.14. The fraction of sp³-hybridized carbons (Fsp3) is 0.200. The second kappa shape index (κ2) is 5.74. The largest absolute Gasteiger partial charge is 0.396 e. The van der Waals surface area contributed by atoms with Gasteiger partial charge in [0, 0.05) is 5.92 Å². The number of hydrogen-bond donors (Lipinski definition) is 1. The van der Waals surface area contributed by atoms with Gasteiger partial charge >= 0.3 is 0 Å². The van der Waals surface area contributed by atoms with E-state index < -0.39 is 0 Å². The van der Waals surface area contributed by atoms with Gasteiger partial charge in [0.1, 0.15) is 11.6 Å². The van der Waals surface area contributed by atoms with E-state index in [9.17, 15) is 13.9 Å². The van der Waals surface area contributed by atoms with Crippen molar-refractivity contribution in [3.8, 4) is 0 Å². The Bertz CT molecular complexity index is 491. The van der Waals surface area contributed by atoms with Crippen LogP contribution in [-0.4, -0.2) is 11.7 Å². The summed E-state index contributed by atoms with van der Waals surface area (Å²) in [5, 5.41) is 9.40. The summed E-state index contributed by atoms with van der Waals surface area (Å²) >= 11 is 0. The number of aliphatic hydroxyl groups is 1. The molecular weight excluding hydrogens is 234 g/mol. The maximum atomic E-state index is 12.8. The number of benzene rings is 2. The minimum Gasteiger partial charge on any atom is -0.396 e. The molecule has 0 heterocycles. The van der Waals surface area contributed by atoms with E-state index in [0.717, 1.165) is 11.1 Å². The van der Waals surface area contributed by atoms with Gasteiger partial charge in [-0.05, 0) is 41.8 Å². The van der Waals surface area contributed by atoms with Gasteiger partial charge in [-0.1, -0.05) is 24.3 Å². The molecule has 0 aliphatic heterocycles. The molecule has 94 valence electrons. The van der Waals surface area contributed by atoms with E-state index in [1.54, 1.807) is 24.3 Å². The highest BCUT2D eigenvalue weighted by Crippen LogP contribution is 2.21. The zero-order valence-electron chi connectivity index (χ0n) is 9.81. The van der Waals surface area contributed by atoms with Crippen LogP contribution in [0, 0.1) is 11.6 Å². The Hall–Kier alpha value is -1.74. The molecule has 1 unspecified atom stereocenters. The molecule has 2 aromatic rings. The molecular formula is C15H14F2O. The fourth-order valence-electron chi connectivity index (χ4n) is 1.93. The molecule has 0 saturated heterocycles. The lowest BCUT2D eigenvalue weighted by Crippen LogP contribution is -2.07. The Morgan fingerprint density at radius 2 is 1.33 bits per heavy atom. The molecule has 0 radical (unpaired) electrons. The lowest BCUT2D eigenvalue weighted by atomic mass is 9.93. The summed E-state index contributed by atoms with van der Waals surface area (Å²) in [5.74, 6) is -0.672. The minimum atomic E-state index is -0.294. The van der Waals surface area contributed by atoms with Crippen LogP contribution >= 0.6 is 0 Å². The smallest absolute Gasteiger partial charge is 0.123 e. The summed E-state index contributed by atoms with van der Waals surface area (Å²) in [6.45, 7) is -0.0248. The molecule has 0 fully saturated rings. The molecule has 0 amide bonds. The maximum Gasteiger partial charge on any atom is 0.123 e. The Labute approximate surface area is 105 Å². The van der Waals surface area contributed by atoms with Crippen LogP contribution < -0.4 is 0 Å². The number of aliphatic hydroxyl groups excluding tert-OH is 1. The van der Waals surface area contributed by atoms with Crippen molar-refractivity contribution >= 4 is 0 Å². The van der Waals surface area contributed by atoms with E-state index in [2.05, 4.69) is 0 Å². The first-order chi connectivity index (χ1) is 8.69. The highest BCUT2D eigenvalue weighted by Gasteiger charge is 2.11. The average Bonchev–Trinajstić information content (AvgIpc) is 2.39. The maximum absolute atomic E-state index is 12.8. The first-order valence-corrected chi connectivity index (χ1v) is 5.80. The van der Waals surface area contributed by atoms with E-state index in [-0.39, 0.29) is 24.2 Å². The zero-order valence-corrected chi connectivity index (χ0v) is 9.81. The molecule has 0 aromatic heterocycles. The summed E-state index contributed by atoms with van der Waals surface area (Å²) in [6, 6.07) is 12.3. The van der Waals surface area contributed by atoms with Crippen molar-refractivity contribution < 1.29 is 13.9 Å². The van der Waals surface area contributed by atoms with E-state index in [0.29, 0.717) is 6.42 Å². The second-order valence-electron chi connectivity index (χ2n) is 4.26. The summed E-state index contributed by atoms with van der Waals surface area (Å²) < 4.78 is 25.6. The van der Waals surface area contributed by atoms with Gasteiger partial charge in [-0.2, -0.15) is 0 Å². The van der Waals surface area contributed by atoms with Gasteiger partial charge in [0.15, 0.2) is 0 Å². The normalized spacial score (nSPS) is 12.4. The van der Waals surface area contributed by atoms with Crippen LogP contribution in [0.2, 0.25) is 0 Å². The van der Waals surface area contributed by atoms with Gasteiger partial charge in [-0.3, -0.25) is 0 Å². The third-order valence-corrected chi connectivity index (χ3v) is 2.96. The van der Waals surface area contributed by atoms with Gasteiger partial charge in [-0.15, -0.1) is 0 Å². The molecule has 18 heavy (non-hydrogen) atoms. The number of hydrogen-bond acceptors (Lipinski definition) is 1. The predicted molar refractivity (Wildman–Crippen MR) is 66.3 cm³/mol. The van der Waals surface area contributed by atoms with E-state index in [4.69, 9.17) is 0 Å². The van der Waals surface area contributed by atoms with Crippen molar-refractivity contribution in [1.29, 1.82) is 0 Å². The quantitative estimate of drug-likeness (QED) is 0.880. The average molecular weight is 248 g/mol. The van der Waals surface area contributed by atoms with Crippen molar-refractivity contribution in [2.45, 2.75) is 12.3 Å². The Morgan fingerprint density at radius 3 is 1.83 bits per heavy atom. The molecule has 1 N–H and O–H groups in total. The van der Waals surface area contributed by atoms with Gasteiger partial charge in [0.2, 0.25) is 0 Å². The summed E-state index contributed by atoms with van der Waals surface area (Å²) in [5.41, 5.74) is 1.82. The van der Waals surface area contributed by atoms with Crippen LogP contribution in [0.15, 0.2) is 48.5 Å². The number of halogens is 2. The predicted octanol–water partition coefficient (Wildman–Crippen LogP) is 3.28. The third kappa shape index (κ3) is 3.14. The SMILES string of the molecule is OCC(Cc1ccc(F)cc1)c1ccc(F)cc1. The zero-order chi connectivity index (χ0) is 13.0. The van der Waals surface area contributed by atoms with Gasteiger partial charge in [-0.25, -0.2) is 8.78 Å². The van der Waals surface area contributed by atoms with Crippen molar-refractivity contribution in [3.05, 3.63) is 71.3 Å². The summed E-state index contributed by atoms with van der Waals surface area (Å²) in [6.07, 6.45) is 0.600. The van der Waals surface area contributed by atoms with E-state index >= 15 is 0 Å². The number of rotatable bonds is 4. The van der Waals surface area contributed by atoms with Gasteiger partial charge in [0.25, 0.3) is 0 Å². The molecule has 0 spiro atoms. The second-order valence-corrected chi connectivity index (χ2v) is 4.26. The minimum absolute atomic E-state index is 0.0248. The first-order valence-electron chi connectivity index (χ1n) is 5.80. The molecule has 3 heteroatoms. The highest BCUT2D eigenvalue weighted by atomic mass is 19.1. The first kappa shape index (κ1) is 12.7. The third-order valence-electron chi connectivity index (χ3n) is 2.96. The topological polar surface area (TPSA) is 20.2 Å². The highest BCUT2D eigenvalue weighted by molar-refractivity contribution is 5.25. The fourth-order valence-corrected chi connectivity index (χ4v) is 1.93. The Kier molecular flexibility index (Phi) is 4.05. The van der Waals surface area contributed by atoms with Crippen LogP contribution in [0.3, 0.4) is 0 Å². The van der Waals surface area contributed by atoms with Crippen LogP contribution in [0.25, 0.3) is 0 Å². The van der Waals surface area contributed by atoms with Crippen LogP contribution in [0.5, 0.6) is 0 Å². The molecule has 1 atom stereocenters. The van der Waals surface area contributed by atoms with E-state index in [1.807, 2.05) is 0 Å². The van der Waals surface area contributed by atoms with Crippen LogP contribution in [0.4, 0.5) is 8.78 Å². The molecule has 0 aliphatic rings. The molecule has 0 bridgehead atoms. The van der Waals surface area contributed by atoms with Crippen molar-refractivity contribution in [2.24, 2.45) is 0 Å². The van der Waals surface area contributed by atoms with Crippen molar-refractivity contribution in [3.63, 3.8) is 0 Å². The molecule has 2 rings (SSSR count). The van der Waals surface area contributed by atoms with Gasteiger partial charge < -0.3 is 5.11 Å². The monoisotopic (exact) mass is 248 g/mol.